The summed E-state index contributed by atoms with van der Waals surface area (Å²) in [7, 11) is 1.52. The van der Waals surface area contributed by atoms with E-state index < -0.39 is 5.97 Å². The molecule has 1 aliphatic carbocycles. The van der Waals surface area contributed by atoms with E-state index in [2.05, 4.69) is 4.72 Å². The zero-order chi connectivity index (χ0) is 18.0. The van der Waals surface area contributed by atoms with Gasteiger partial charge in [-0.3, -0.25) is 0 Å². The molecule has 5 nitrogen and oxygen atoms in total. The Labute approximate surface area is 154 Å². The molecule has 7 heteroatoms. The summed E-state index contributed by atoms with van der Waals surface area (Å²) in [5.41, 5.74) is 2.33. The third kappa shape index (κ3) is 3.84. The molecule has 1 aliphatic rings. The summed E-state index contributed by atoms with van der Waals surface area (Å²) in [6.45, 7) is 0. The maximum Gasteiger partial charge on any atom is 0.335 e. The zero-order valence-electron chi connectivity index (χ0n) is 13.4. The maximum absolute atomic E-state index is 11.2. The van der Waals surface area contributed by atoms with E-state index in [1.54, 1.807) is 24.3 Å². The number of anilines is 1. The van der Waals surface area contributed by atoms with Gasteiger partial charge in [-0.1, -0.05) is 17.7 Å². The number of aromatic carboxylic acids is 1. The molecule has 1 saturated carbocycles. The summed E-state index contributed by atoms with van der Waals surface area (Å²) < 4.78 is 8.46. The van der Waals surface area contributed by atoms with Crippen LogP contribution in [0.1, 0.15) is 40.2 Å². The maximum atomic E-state index is 11.2. The summed E-state index contributed by atoms with van der Waals surface area (Å²) in [6, 6.07) is 10.4. The van der Waals surface area contributed by atoms with Crippen molar-refractivity contribution in [3.63, 3.8) is 0 Å². The van der Waals surface area contributed by atoms with Crippen LogP contribution in [0.2, 0.25) is 5.02 Å². The predicted molar refractivity (Wildman–Crippen MR) is 97.6 cm³/mol. The van der Waals surface area contributed by atoms with Crippen LogP contribution in [0.5, 0.6) is 5.75 Å². The number of carbonyl (C=O) groups is 1. The lowest BCUT2D eigenvalue weighted by atomic mass is 10.1. The van der Waals surface area contributed by atoms with Crippen LogP contribution in [0.3, 0.4) is 0 Å². The number of carboxylic acid groups (broad SMARTS) is 1. The van der Waals surface area contributed by atoms with Gasteiger partial charge in [-0.2, -0.15) is 5.26 Å². The number of ether oxygens (including phenoxy) is 1. The fourth-order valence-corrected chi connectivity index (χ4v) is 3.60. The van der Waals surface area contributed by atoms with Gasteiger partial charge in [-0.15, -0.1) is 0 Å². The Bertz CT molecular complexity index is 875. The highest BCUT2D eigenvalue weighted by Crippen LogP contribution is 2.45. The molecule has 0 spiro atoms. The second-order valence-corrected chi connectivity index (χ2v) is 6.94. The Morgan fingerprint density at radius 2 is 2.16 bits per heavy atom. The Morgan fingerprint density at radius 3 is 2.76 bits per heavy atom. The highest BCUT2D eigenvalue weighted by molar-refractivity contribution is 8.00. The third-order valence-electron chi connectivity index (χ3n) is 3.96. The minimum absolute atomic E-state index is 0.245. The molecule has 1 fully saturated rings. The fourth-order valence-electron chi connectivity index (χ4n) is 2.49. The van der Waals surface area contributed by atoms with Crippen molar-refractivity contribution in [3.05, 3.63) is 52.0 Å². The number of halogens is 1. The molecule has 2 N–H and O–H groups in total. The summed E-state index contributed by atoms with van der Waals surface area (Å²) in [5.74, 6) is 0.0350. The van der Waals surface area contributed by atoms with Crippen LogP contribution >= 0.6 is 23.5 Å². The lowest BCUT2D eigenvalue weighted by molar-refractivity contribution is 0.0696. The predicted octanol–water partition coefficient (Wildman–Crippen LogP) is 4.92. The molecule has 128 valence electrons. The quantitative estimate of drug-likeness (QED) is 0.698. The number of hydrogen-bond acceptors (Lipinski definition) is 5. The Balaban J connectivity index is 1.90. The summed E-state index contributed by atoms with van der Waals surface area (Å²) in [4.78, 5) is 12.1. The molecular weight excluding hydrogens is 360 g/mol. The van der Waals surface area contributed by atoms with E-state index in [1.165, 1.54) is 19.1 Å². The van der Waals surface area contributed by atoms with Gasteiger partial charge >= 0.3 is 5.97 Å². The molecule has 0 aromatic heterocycles. The van der Waals surface area contributed by atoms with E-state index in [9.17, 15) is 9.90 Å². The van der Waals surface area contributed by atoms with Gasteiger partial charge in [-0.05, 0) is 54.5 Å². The van der Waals surface area contributed by atoms with Crippen molar-refractivity contribution < 1.29 is 14.6 Å². The number of nitriles is 1. The van der Waals surface area contributed by atoms with Crippen LogP contribution in [-0.4, -0.2) is 18.2 Å². The monoisotopic (exact) mass is 374 g/mol. The Morgan fingerprint density at radius 1 is 1.40 bits per heavy atom. The highest BCUT2D eigenvalue weighted by Gasteiger charge is 2.27. The molecule has 0 atom stereocenters. The van der Waals surface area contributed by atoms with Crippen molar-refractivity contribution in [1.29, 1.82) is 5.26 Å². The van der Waals surface area contributed by atoms with Crippen LogP contribution in [0, 0.1) is 11.3 Å². The largest absolute Gasteiger partial charge is 0.495 e. The normalized spacial score (nSPS) is 13.2. The lowest BCUT2D eigenvalue weighted by Crippen LogP contribution is -2.00. The van der Waals surface area contributed by atoms with Gasteiger partial charge in [0.15, 0.2) is 0 Å². The van der Waals surface area contributed by atoms with Gasteiger partial charge in [0, 0.05) is 11.0 Å². The van der Waals surface area contributed by atoms with Crippen LogP contribution in [0.25, 0.3) is 0 Å². The highest BCUT2D eigenvalue weighted by atomic mass is 35.5. The summed E-state index contributed by atoms with van der Waals surface area (Å²) >= 11 is 7.33. The minimum atomic E-state index is -0.958. The van der Waals surface area contributed by atoms with Crippen molar-refractivity contribution in [3.8, 4) is 11.8 Å². The number of nitrogens with zero attached hydrogens (tertiary/aromatic N) is 1. The summed E-state index contributed by atoms with van der Waals surface area (Å²) in [6.07, 6.45) is 2.23. The van der Waals surface area contributed by atoms with Crippen LogP contribution < -0.4 is 9.46 Å². The molecule has 0 bridgehead atoms. The van der Waals surface area contributed by atoms with Gasteiger partial charge in [0.25, 0.3) is 0 Å². The smallest absolute Gasteiger partial charge is 0.335 e. The molecular formula is C18H15ClN2O3S. The lowest BCUT2D eigenvalue weighted by Gasteiger charge is -2.14. The molecule has 3 rings (SSSR count). The molecule has 2 aromatic rings. The standard InChI is InChI=1S/C18H15ClN2O3S/c1-24-16-8-14(19)12(9-20)6-15(16)21-25-17-7-11(18(22)23)4-5-13(17)10-2-3-10/h4-8,10,21H,2-3H2,1H3,(H,22,23). The van der Waals surface area contributed by atoms with Gasteiger partial charge < -0.3 is 14.6 Å². The number of rotatable bonds is 6. The molecule has 25 heavy (non-hydrogen) atoms. The van der Waals surface area contributed by atoms with Crippen molar-refractivity contribution >= 4 is 35.2 Å². The third-order valence-corrected chi connectivity index (χ3v) is 5.17. The van der Waals surface area contributed by atoms with Gasteiger partial charge in [-0.25, -0.2) is 4.79 Å². The van der Waals surface area contributed by atoms with Gasteiger partial charge in [0.2, 0.25) is 0 Å². The first-order chi connectivity index (χ1) is 12.0. The number of benzene rings is 2. The van der Waals surface area contributed by atoms with Crippen LogP contribution in [-0.2, 0) is 0 Å². The first-order valence-electron chi connectivity index (χ1n) is 7.61. The van der Waals surface area contributed by atoms with Crippen molar-refractivity contribution in [2.45, 2.75) is 23.7 Å². The minimum Gasteiger partial charge on any atom is -0.495 e. The van der Waals surface area contributed by atoms with Crippen LogP contribution in [0.4, 0.5) is 5.69 Å². The SMILES string of the molecule is COc1cc(Cl)c(C#N)cc1NSc1cc(C(=O)O)ccc1C1CC1. The fraction of sp³-hybridized carbons (Fsp3) is 0.222. The number of hydrogen-bond donors (Lipinski definition) is 2. The zero-order valence-corrected chi connectivity index (χ0v) is 14.9. The number of nitrogens with one attached hydrogen (secondary N) is 1. The van der Waals surface area contributed by atoms with Crippen molar-refractivity contribution in [2.24, 2.45) is 0 Å². The molecule has 2 aromatic carbocycles. The average Bonchev–Trinajstić information content (AvgIpc) is 3.44. The van der Waals surface area contributed by atoms with Crippen molar-refractivity contribution in [2.75, 3.05) is 11.8 Å². The summed E-state index contributed by atoms with van der Waals surface area (Å²) in [5, 5.41) is 18.7. The molecule has 0 saturated heterocycles. The average molecular weight is 375 g/mol. The van der Waals surface area contributed by atoms with E-state index >= 15 is 0 Å². The Hall–Kier alpha value is -2.36. The van der Waals surface area contributed by atoms with E-state index in [-0.39, 0.29) is 5.56 Å². The van der Waals surface area contributed by atoms with E-state index in [0.717, 1.165) is 23.3 Å². The van der Waals surface area contributed by atoms with E-state index in [1.807, 2.05) is 12.1 Å². The Kier molecular flexibility index (Phi) is 5.07. The van der Waals surface area contributed by atoms with E-state index in [0.29, 0.717) is 27.9 Å². The number of methoxy groups -OCH3 is 1. The molecule has 0 radical (unpaired) electrons. The van der Waals surface area contributed by atoms with Crippen LogP contribution in [0.15, 0.2) is 35.2 Å². The molecule has 0 aliphatic heterocycles. The second-order valence-electron chi connectivity index (χ2n) is 5.68. The first-order valence-corrected chi connectivity index (χ1v) is 8.80. The topological polar surface area (TPSA) is 82.3 Å². The molecule has 0 heterocycles. The van der Waals surface area contributed by atoms with Gasteiger partial charge in [0.05, 0.1) is 28.9 Å². The van der Waals surface area contributed by atoms with E-state index in [4.69, 9.17) is 21.6 Å². The number of carboxylic acids is 1. The second kappa shape index (κ2) is 7.26. The van der Waals surface area contributed by atoms with Gasteiger partial charge in [0.1, 0.15) is 11.8 Å². The van der Waals surface area contributed by atoms with Crippen molar-refractivity contribution in [1.82, 2.24) is 0 Å². The molecule has 0 amide bonds. The molecule has 0 unspecified atom stereocenters. The first kappa shape index (κ1) is 17.5.